The first-order chi connectivity index (χ1) is 6.18. The summed E-state index contributed by atoms with van der Waals surface area (Å²) in [5, 5.41) is 0. The van der Waals surface area contributed by atoms with Gasteiger partial charge in [0, 0.05) is 13.0 Å². The van der Waals surface area contributed by atoms with Crippen LogP contribution in [0.25, 0.3) is 0 Å². The number of esters is 1. The van der Waals surface area contributed by atoms with E-state index in [1.54, 1.807) is 0 Å². The van der Waals surface area contributed by atoms with Crippen LogP contribution in [-0.4, -0.2) is 18.6 Å². The van der Waals surface area contributed by atoms with Crippen LogP contribution in [0.4, 0.5) is 0 Å². The van der Waals surface area contributed by atoms with Gasteiger partial charge in [-0.25, -0.2) is 0 Å². The predicted octanol–water partition coefficient (Wildman–Crippen LogP) is 1.88. The van der Waals surface area contributed by atoms with Crippen molar-refractivity contribution in [2.75, 3.05) is 6.61 Å². The van der Waals surface area contributed by atoms with Crippen molar-refractivity contribution < 1.29 is 9.53 Å². The minimum absolute atomic E-state index is 0. The van der Waals surface area contributed by atoms with Gasteiger partial charge in [0.25, 0.3) is 0 Å². The highest BCUT2D eigenvalue weighted by Crippen LogP contribution is 2.25. The first-order valence-electron chi connectivity index (χ1n) is 5.07. The molecule has 4 heteroatoms. The van der Waals surface area contributed by atoms with Crippen LogP contribution in [0.1, 0.15) is 39.0 Å². The fourth-order valence-corrected chi connectivity index (χ4v) is 1.85. The molecule has 0 radical (unpaired) electrons. The molecule has 0 aliphatic heterocycles. The van der Waals surface area contributed by atoms with E-state index in [0.29, 0.717) is 12.6 Å². The third-order valence-electron chi connectivity index (χ3n) is 2.72. The summed E-state index contributed by atoms with van der Waals surface area (Å²) in [5.41, 5.74) is 5.79. The van der Waals surface area contributed by atoms with Crippen LogP contribution >= 0.6 is 12.4 Å². The van der Waals surface area contributed by atoms with Gasteiger partial charge in [0.05, 0.1) is 6.61 Å². The Hall–Kier alpha value is -0.280. The molecule has 0 spiro atoms. The van der Waals surface area contributed by atoms with Crippen molar-refractivity contribution in [2.24, 2.45) is 11.7 Å². The van der Waals surface area contributed by atoms with Gasteiger partial charge >= 0.3 is 5.97 Å². The van der Waals surface area contributed by atoms with Gasteiger partial charge < -0.3 is 10.5 Å². The fourth-order valence-electron chi connectivity index (χ4n) is 1.85. The molecule has 2 N–H and O–H groups in total. The van der Waals surface area contributed by atoms with Gasteiger partial charge in [-0.2, -0.15) is 0 Å². The van der Waals surface area contributed by atoms with Crippen LogP contribution in [0, 0.1) is 5.92 Å². The highest BCUT2D eigenvalue weighted by atomic mass is 35.5. The van der Waals surface area contributed by atoms with Crippen molar-refractivity contribution >= 4 is 18.4 Å². The lowest BCUT2D eigenvalue weighted by atomic mass is 9.85. The van der Waals surface area contributed by atoms with E-state index >= 15 is 0 Å². The van der Waals surface area contributed by atoms with Crippen LogP contribution in [0.15, 0.2) is 0 Å². The molecule has 0 atom stereocenters. The summed E-state index contributed by atoms with van der Waals surface area (Å²) in [4.78, 5) is 10.5. The van der Waals surface area contributed by atoms with E-state index in [1.807, 2.05) is 0 Å². The molecule has 0 aromatic carbocycles. The molecular weight excluding hydrogens is 202 g/mol. The Labute approximate surface area is 91.8 Å². The van der Waals surface area contributed by atoms with Crippen molar-refractivity contribution in [1.82, 2.24) is 0 Å². The van der Waals surface area contributed by atoms with Crippen LogP contribution in [0.3, 0.4) is 0 Å². The molecule has 1 fully saturated rings. The standard InChI is InChI=1S/C10H19NO2.ClH/c1-8(12)13-7-6-9-2-4-10(11)5-3-9;/h9-10H,2-7,11H2,1H3;1H. The second kappa shape index (κ2) is 7.07. The topological polar surface area (TPSA) is 52.3 Å². The summed E-state index contributed by atoms with van der Waals surface area (Å²) < 4.78 is 4.90. The number of hydrogen-bond donors (Lipinski definition) is 1. The number of ether oxygens (including phenoxy) is 1. The lowest BCUT2D eigenvalue weighted by molar-refractivity contribution is -0.141. The van der Waals surface area contributed by atoms with E-state index in [4.69, 9.17) is 10.5 Å². The Morgan fingerprint density at radius 1 is 1.36 bits per heavy atom. The van der Waals surface area contributed by atoms with E-state index in [9.17, 15) is 4.79 Å². The zero-order valence-corrected chi connectivity index (χ0v) is 9.52. The minimum atomic E-state index is -0.174. The first kappa shape index (κ1) is 13.7. The number of carbonyl (C=O) groups is 1. The number of nitrogens with two attached hydrogens (primary N) is 1. The van der Waals surface area contributed by atoms with Crippen LogP contribution in [0.2, 0.25) is 0 Å². The highest BCUT2D eigenvalue weighted by Gasteiger charge is 2.18. The molecule has 84 valence electrons. The maximum Gasteiger partial charge on any atom is 0.302 e. The molecule has 14 heavy (non-hydrogen) atoms. The smallest absolute Gasteiger partial charge is 0.302 e. The molecule has 1 aliphatic rings. The van der Waals surface area contributed by atoms with Gasteiger partial charge in [-0.05, 0) is 38.0 Å². The van der Waals surface area contributed by atoms with Crippen LogP contribution < -0.4 is 5.73 Å². The molecule has 0 amide bonds. The second-order valence-electron chi connectivity index (χ2n) is 3.91. The largest absolute Gasteiger partial charge is 0.466 e. The number of rotatable bonds is 3. The molecule has 1 aliphatic carbocycles. The van der Waals surface area contributed by atoms with E-state index in [2.05, 4.69) is 0 Å². The van der Waals surface area contributed by atoms with Crippen molar-refractivity contribution in [1.29, 1.82) is 0 Å². The van der Waals surface area contributed by atoms with E-state index in [-0.39, 0.29) is 18.4 Å². The third kappa shape index (κ3) is 5.45. The molecule has 0 aromatic heterocycles. The summed E-state index contributed by atoms with van der Waals surface area (Å²) >= 11 is 0. The first-order valence-corrected chi connectivity index (χ1v) is 5.07. The average Bonchev–Trinajstić information content (AvgIpc) is 2.08. The Kier molecular flexibility index (Phi) is 6.93. The number of hydrogen-bond acceptors (Lipinski definition) is 3. The van der Waals surface area contributed by atoms with Crippen molar-refractivity contribution in [3.63, 3.8) is 0 Å². The van der Waals surface area contributed by atoms with Crippen LogP contribution in [0.5, 0.6) is 0 Å². The molecule has 1 rings (SSSR count). The summed E-state index contributed by atoms with van der Waals surface area (Å²) in [6, 6.07) is 0.407. The Morgan fingerprint density at radius 3 is 2.43 bits per heavy atom. The quantitative estimate of drug-likeness (QED) is 0.741. The molecule has 0 bridgehead atoms. The van der Waals surface area contributed by atoms with Crippen molar-refractivity contribution in [3.8, 4) is 0 Å². The molecule has 1 saturated carbocycles. The molecule has 3 nitrogen and oxygen atoms in total. The molecule has 0 saturated heterocycles. The van der Waals surface area contributed by atoms with E-state index in [0.717, 1.165) is 25.2 Å². The minimum Gasteiger partial charge on any atom is -0.466 e. The summed E-state index contributed by atoms with van der Waals surface area (Å²) in [6.45, 7) is 2.03. The van der Waals surface area contributed by atoms with Crippen molar-refractivity contribution in [2.45, 2.75) is 45.1 Å². The van der Waals surface area contributed by atoms with Gasteiger partial charge in [-0.3, -0.25) is 4.79 Å². The van der Waals surface area contributed by atoms with Crippen molar-refractivity contribution in [3.05, 3.63) is 0 Å². The Bertz CT molecular complexity index is 168. The normalized spacial score (nSPS) is 26.4. The average molecular weight is 222 g/mol. The Balaban J connectivity index is 0.00000169. The maximum atomic E-state index is 10.5. The fraction of sp³-hybridized carbons (Fsp3) is 0.900. The predicted molar refractivity (Wildman–Crippen MR) is 58.4 cm³/mol. The van der Waals surface area contributed by atoms with Gasteiger partial charge in [0.15, 0.2) is 0 Å². The van der Waals surface area contributed by atoms with E-state index < -0.39 is 0 Å². The highest BCUT2D eigenvalue weighted by molar-refractivity contribution is 5.85. The van der Waals surface area contributed by atoms with Gasteiger partial charge in [-0.1, -0.05) is 0 Å². The van der Waals surface area contributed by atoms with Gasteiger partial charge in [0.2, 0.25) is 0 Å². The maximum absolute atomic E-state index is 10.5. The second-order valence-corrected chi connectivity index (χ2v) is 3.91. The molecular formula is C10H20ClNO2. The zero-order chi connectivity index (χ0) is 9.68. The Morgan fingerprint density at radius 2 is 1.93 bits per heavy atom. The monoisotopic (exact) mass is 221 g/mol. The zero-order valence-electron chi connectivity index (χ0n) is 8.70. The third-order valence-corrected chi connectivity index (χ3v) is 2.72. The van der Waals surface area contributed by atoms with E-state index in [1.165, 1.54) is 19.8 Å². The van der Waals surface area contributed by atoms with Gasteiger partial charge in [0.1, 0.15) is 0 Å². The summed E-state index contributed by atoms with van der Waals surface area (Å²) in [7, 11) is 0. The summed E-state index contributed by atoms with van der Waals surface area (Å²) in [6.07, 6.45) is 5.66. The number of halogens is 1. The number of carbonyl (C=O) groups excluding carboxylic acids is 1. The molecule has 0 unspecified atom stereocenters. The molecule has 0 heterocycles. The molecule has 0 aromatic rings. The SMILES string of the molecule is CC(=O)OCCC1CCC(N)CC1.Cl. The lowest BCUT2D eigenvalue weighted by Gasteiger charge is -2.25. The lowest BCUT2D eigenvalue weighted by Crippen LogP contribution is -2.27. The summed E-state index contributed by atoms with van der Waals surface area (Å²) in [5.74, 6) is 0.548. The van der Waals surface area contributed by atoms with Gasteiger partial charge in [-0.15, -0.1) is 12.4 Å². The van der Waals surface area contributed by atoms with Crippen LogP contribution in [-0.2, 0) is 9.53 Å².